The summed E-state index contributed by atoms with van der Waals surface area (Å²) < 4.78 is 10.6. The molecule has 2 aromatic carbocycles. The molecule has 1 aromatic heterocycles. The summed E-state index contributed by atoms with van der Waals surface area (Å²) in [5.41, 5.74) is 2.34. The van der Waals surface area contributed by atoms with Gasteiger partial charge in [0.2, 0.25) is 11.9 Å². The third-order valence-electron chi connectivity index (χ3n) is 3.77. The van der Waals surface area contributed by atoms with Gasteiger partial charge in [-0.15, -0.1) is 0 Å². The lowest BCUT2D eigenvalue weighted by atomic mass is 10.2. The first-order valence-corrected chi connectivity index (χ1v) is 8.54. The molecule has 3 N–H and O–H groups in total. The molecule has 8 heteroatoms. The van der Waals surface area contributed by atoms with Crippen LogP contribution in [0.2, 0.25) is 0 Å². The number of nitrogens with one attached hydrogen (secondary N) is 3. The maximum absolute atomic E-state index is 11.1. The summed E-state index contributed by atoms with van der Waals surface area (Å²) >= 11 is 0. The monoisotopic (exact) mass is 379 g/mol. The Morgan fingerprint density at radius 3 is 2.21 bits per heavy atom. The molecule has 1 amide bonds. The second-order valence-corrected chi connectivity index (χ2v) is 5.84. The van der Waals surface area contributed by atoms with E-state index in [1.165, 1.54) is 6.92 Å². The number of methoxy groups -OCH3 is 2. The number of ether oxygens (including phenoxy) is 2. The van der Waals surface area contributed by atoms with Crippen LogP contribution in [0.1, 0.15) is 6.92 Å². The van der Waals surface area contributed by atoms with E-state index in [2.05, 4.69) is 25.9 Å². The van der Waals surface area contributed by atoms with Crippen molar-refractivity contribution in [1.82, 2.24) is 9.97 Å². The first-order chi connectivity index (χ1) is 13.6. The Bertz CT molecular complexity index is 960. The maximum Gasteiger partial charge on any atom is 0.229 e. The molecule has 0 aliphatic heterocycles. The predicted molar refractivity (Wildman–Crippen MR) is 109 cm³/mol. The lowest BCUT2D eigenvalue weighted by Crippen LogP contribution is -2.05. The smallest absolute Gasteiger partial charge is 0.229 e. The van der Waals surface area contributed by atoms with E-state index >= 15 is 0 Å². The Morgan fingerprint density at radius 1 is 0.857 bits per heavy atom. The molecule has 0 spiro atoms. The predicted octanol–water partition coefficient (Wildman–Crippen LogP) is 3.94. The topological polar surface area (TPSA) is 97.4 Å². The van der Waals surface area contributed by atoms with Crippen LogP contribution in [-0.4, -0.2) is 30.1 Å². The van der Waals surface area contributed by atoms with Crippen molar-refractivity contribution in [1.29, 1.82) is 0 Å². The highest BCUT2D eigenvalue weighted by Crippen LogP contribution is 2.31. The Kier molecular flexibility index (Phi) is 5.91. The largest absolute Gasteiger partial charge is 0.493 e. The minimum Gasteiger partial charge on any atom is -0.493 e. The zero-order valence-corrected chi connectivity index (χ0v) is 15.8. The highest BCUT2D eigenvalue weighted by atomic mass is 16.5. The van der Waals surface area contributed by atoms with Crippen LogP contribution >= 0.6 is 0 Å². The van der Waals surface area contributed by atoms with Gasteiger partial charge in [-0.3, -0.25) is 4.79 Å². The number of carbonyl (C=O) groups is 1. The van der Waals surface area contributed by atoms with Crippen LogP contribution in [0.5, 0.6) is 11.5 Å². The summed E-state index contributed by atoms with van der Waals surface area (Å²) in [7, 11) is 3.18. The molecule has 0 saturated carbocycles. The number of anilines is 5. The van der Waals surface area contributed by atoms with Crippen LogP contribution in [0.3, 0.4) is 0 Å². The van der Waals surface area contributed by atoms with E-state index in [9.17, 15) is 4.79 Å². The van der Waals surface area contributed by atoms with Crippen LogP contribution in [0.15, 0.2) is 54.7 Å². The highest BCUT2D eigenvalue weighted by molar-refractivity contribution is 5.88. The number of rotatable bonds is 7. The van der Waals surface area contributed by atoms with Crippen LogP contribution in [0.25, 0.3) is 0 Å². The lowest BCUT2D eigenvalue weighted by molar-refractivity contribution is -0.114. The van der Waals surface area contributed by atoms with Gasteiger partial charge in [0.25, 0.3) is 0 Å². The molecule has 0 radical (unpaired) electrons. The minimum atomic E-state index is -0.113. The quantitative estimate of drug-likeness (QED) is 0.572. The van der Waals surface area contributed by atoms with Gasteiger partial charge in [-0.25, -0.2) is 4.98 Å². The summed E-state index contributed by atoms with van der Waals surface area (Å²) in [6.45, 7) is 1.47. The Hall–Kier alpha value is -3.81. The number of aromatic nitrogens is 2. The first-order valence-electron chi connectivity index (χ1n) is 8.54. The molecule has 0 fully saturated rings. The summed E-state index contributed by atoms with van der Waals surface area (Å²) in [6.07, 6.45) is 1.66. The zero-order chi connectivity index (χ0) is 19.9. The molecular weight excluding hydrogens is 358 g/mol. The molecule has 8 nitrogen and oxygen atoms in total. The summed E-state index contributed by atoms with van der Waals surface area (Å²) in [6, 6.07) is 14.6. The average Bonchev–Trinajstić information content (AvgIpc) is 2.69. The van der Waals surface area contributed by atoms with Crippen molar-refractivity contribution in [3.63, 3.8) is 0 Å². The third kappa shape index (κ3) is 4.88. The number of benzene rings is 2. The second-order valence-electron chi connectivity index (χ2n) is 5.84. The van der Waals surface area contributed by atoms with Gasteiger partial charge in [0.1, 0.15) is 5.82 Å². The Labute approximate surface area is 162 Å². The van der Waals surface area contributed by atoms with Crippen molar-refractivity contribution < 1.29 is 14.3 Å². The van der Waals surface area contributed by atoms with Crippen LogP contribution in [0.4, 0.5) is 28.8 Å². The van der Waals surface area contributed by atoms with Gasteiger partial charge in [-0.1, -0.05) is 0 Å². The molecular formula is C20H21N5O3. The van der Waals surface area contributed by atoms with Crippen molar-refractivity contribution in [2.45, 2.75) is 6.92 Å². The fourth-order valence-corrected chi connectivity index (χ4v) is 2.52. The van der Waals surface area contributed by atoms with Crippen molar-refractivity contribution in [3.05, 3.63) is 54.7 Å². The van der Waals surface area contributed by atoms with Crippen LogP contribution < -0.4 is 25.4 Å². The van der Waals surface area contributed by atoms with Gasteiger partial charge >= 0.3 is 0 Å². The molecule has 0 saturated heterocycles. The number of hydrogen-bond acceptors (Lipinski definition) is 7. The average molecular weight is 379 g/mol. The van der Waals surface area contributed by atoms with E-state index in [-0.39, 0.29) is 5.91 Å². The molecule has 144 valence electrons. The van der Waals surface area contributed by atoms with E-state index < -0.39 is 0 Å². The molecule has 3 rings (SSSR count). The van der Waals surface area contributed by atoms with Gasteiger partial charge < -0.3 is 25.4 Å². The van der Waals surface area contributed by atoms with Crippen LogP contribution in [-0.2, 0) is 4.79 Å². The normalized spacial score (nSPS) is 10.1. The van der Waals surface area contributed by atoms with E-state index in [0.29, 0.717) is 23.3 Å². The molecule has 0 aliphatic rings. The summed E-state index contributed by atoms with van der Waals surface area (Å²) in [5.74, 6) is 2.23. The van der Waals surface area contributed by atoms with Gasteiger partial charge in [-0.2, -0.15) is 4.98 Å². The van der Waals surface area contributed by atoms with Crippen molar-refractivity contribution in [2.24, 2.45) is 0 Å². The Balaban J connectivity index is 1.71. The first kappa shape index (κ1) is 19.0. The number of nitrogens with zero attached hydrogens (tertiary/aromatic N) is 2. The molecule has 0 atom stereocenters. The summed E-state index contributed by atoms with van der Waals surface area (Å²) in [5, 5.41) is 9.07. The number of hydrogen-bond donors (Lipinski definition) is 3. The SMILES string of the molecule is COc1ccc(Nc2ccnc(Nc3ccc(NC(C)=O)cc3)n2)cc1OC. The Morgan fingerprint density at radius 2 is 1.54 bits per heavy atom. The molecule has 0 aliphatic carbocycles. The van der Waals surface area contributed by atoms with Crippen molar-refractivity contribution >= 4 is 34.7 Å². The van der Waals surface area contributed by atoms with E-state index in [4.69, 9.17) is 9.47 Å². The van der Waals surface area contributed by atoms with Gasteiger partial charge in [-0.05, 0) is 42.5 Å². The van der Waals surface area contributed by atoms with Crippen molar-refractivity contribution in [2.75, 3.05) is 30.2 Å². The molecule has 28 heavy (non-hydrogen) atoms. The number of amides is 1. The van der Waals surface area contributed by atoms with E-state index in [1.54, 1.807) is 38.6 Å². The molecule has 3 aromatic rings. The standard InChI is InChI=1S/C20H21N5O3/c1-13(26)22-14-4-6-15(7-5-14)24-20-21-11-10-19(25-20)23-16-8-9-17(27-2)18(12-16)28-3/h4-12H,1-3H3,(H,22,26)(H2,21,23,24,25). The zero-order valence-electron chi connectivity index (χ0n) is 15.8. The second kappa shape index (κ2) is 8.72. The molecule has 0 unspecified atom stereocenters. The van der Waals surface area contributed by atoms with Crippen molar-refractivity contribution in [3.8, 4) is 11.5 Å². The minimum absolute atomic E-state index is 0.113. The number of carbonyl (C=O) groups excluding carboxylic acids is 1. The third-order valence-corrected chi connectivity index (χ3v) is 3.77. The van der Waals surface area contributed by atoms with E-state index in [0.717, 1.165) is 17.1 Å². The van der Waals surface area contributed by atoms with Gasteiger partial charge in [0.05, 0.1) is 14.2 Å². The fraction of sp³-hybridized carbons (Fsp3) is 0.150. The molecule has 1 heterocycles. The van der Waals surface area contributed by atoms with E-state index in [1.807, 2.05) is 30.3 Å². The maximum atomic E-state index is 11.1. The van der Waals surface area contributed by atoms with Gasteiger partial charge in [0.15, 0.2) is 11.5 Å². The van der Waals surface area contributed by atoms with Crippen LogP contribution in [0, 0.1) is 0 Å². The lowest BCUT2D eigenvalue weighted by Gasteiger charge is -2.12. The summed E-state index contributed by atoms with van der Waals surface area (Å²) in [4.78, 5) is 19.8. The fourth-order valence-electron chi connectivity index (χ4n) is 2.52. The van der Waals surface area contributed by atoms with Gasteiger partial charge in [0, 0.05) is 36.2 Å². The molecule has 0 bridgehead atoms. The highest BCUT2D eigenvalue weighted by Gasteiger charge is 2.06.